The molecule has 0 spiro atoms. The van der Waals surface area contributed by atoms with Crippen LogP contribution in [0.1, 0.15) is 61.3 Å². The Morgan fingerprint density at radius 3 is 1.79 bits per heavy atom. The normalized spacial score (nSPS) is 15.2. The summed E-state index contributed by atoms with van der Waals surface area (Å²) in [6.07, 6.45) is 2.09. The molecule has 28 heavy (non-hydrogen) atoms. The second-order valence-electron chi connectivity index (χ2n) is 6.11. The van der Waals surface area contributed by atoms with Crippen LogP contribution in [0.4, 0.5) is 5.69 Å². The molecule has 4 nitrogen and oxygen atoms in total. The molecule has 2 aromatic rings. The fraction of sp³-hybridized carbons (Fsp3) is 0.333. The molecule has 0 unspecified atom stereocenters. The lowest BCUT2D eigenvalue weighted by molar-refractivity contribution is 0.0948. The van der Waals surface area contributed by atoms with Crippen LogP contribution in [0.25, 0.3) is 0 Å². The van der Waals surface area contributed by atoms with E-state index in [1.807, 2.05) is 62.9 Å². The predicted octanol–water partition coefficient (Wildman–Crippen LogP) is 5.54. The molecule has 1 aliphatic heterocycles. The molecule has 0 saturated carbocycles. The monoisotopic (exact) mass is 378 g/mol. The highest BCUT2D eigenvalue weighted by molar-refractivity contribution is 6.27. The summed E-state index contributed by atoms with van der Waals surface area (Å²) in [5.41, 5.74) is 2.70. The number of carbonyl (C=O) groups excluding carboxylic acids is 2. The molecule has 4 rings (SSSR count). The zero-order valence-electron chi connectivity index (χ0n) is 17.3. The van der Waals surface area contributed by atoms with Crippen molar-refractivity contribution in [1.82, 2.24) is 4.90 Å². The van der Waals surface area contributed by atoms with Crippen LogP contribution < -0.4 is 5.32 Å². The van der Waals surface area contributed by atoms with Gasteiger partial charge in [-0.25, -0.2) is 0 Å². The van der Waals surface area contributed by atoms with Gasteiger partial charge in [0.05, 0.1) is 0 Å². The molecule has 4 heteroatoms. The summed E-state index contributed by atoms with van der Waals surface area (Å²) >= 11 is 0. The largest absolute Gasteiger partial charge is 0.367 e. The maximum absolute atomic E-state index is 13.1. The Balaban J connectivity index is 0.000000660. The smallest absolute Gasteiger partial charge is 0.212 e. The summed E-state index contributed by atoms with van der Waals surface area (Å²) in [7, 11) is 0. The van der Waals surface area contributed by atoms with E-state index >= 15 is 0 Å². The van der Waals surface area contributed by atoms with Crippen LogP contribution in [0.5, 0.6) is 0 Å². The number of hydrogen-bond donors (Lipinski definition) is 1. The lowest BCUT2D eigenvalue weighted by Gasteiger charge is -2.28. The Bertz CT molecular complexity index is 835. The predicted molar refractivity (Wildman–Crippen MR) is 116 cm³/mol. The van der Waals surface area contributed by atoms with Gasteiger partial charge in [0.15, 0.2) is 0 Å². The van der Waals surface area contributed by atoms with E-state index in [0.29, 0.717) is 22.5 Å². The Labute approximate surface area is 168 Å². The van der Waals surface area contributed by atoms with Gasteiger partial charge in [0.1, 0.15) is 11.4 Å². The summed E-state index contributed by atoms with van der Waals surface area (Å²) in [6.45, 7) is 9.63. The maximum Gasteiger partial charge on any atom is 0.212 e. The van der Waals surface area contributed by atoms with Crippen molar-refractivity contribution in [3.8, 4) is 0 Å². The molecule has 0 amide bonds. The molecular formula is C24H30N2O2. The Morgan fingerprint density at radius 1 is 0.714 bits per heavy atom. The highest BCUT2D eigenvalue weighted by Crippen LogP contribution is 2.31. The first-order valence-corrected chi connectivity index (χ1v) is 10.3. The Hall–Kier alpha value is -2.88. The molecule has 1 N–H and O–H groups in total. The molecule has 1 heterocycles. The van der Waals surface area contributed by atoms with Crippen LogP contribution in [0, 0.1) is 0 Å². The van der Waals surface area contributed by atoms with Crippen LogP contribution in [0.2, 0.25) is 0 Å². The number of fused-ring (bicyclic) bond motifs is 1. The minimum Gasteiger partial charge on any atom is -0.367 e. The van der Waals surface area contributed by atoms with Gasteiger partial charge < -0.3 is 10.2 Å². The molecule has 1 fully saturated rings. The molecule has 1 saturated heterocycles. The molecule has 0 aromatic heterocycles. The van der Waals surface area contributed by atoms with Crippen molar-refractivity contribution in [1.29, 1.82) is 0 Å². The number of para-hydroxylation sites is 1. The number of nitrogens with one attached hydrogen (secondary N) is 1. The topological polar surface area (TPSA) is 49.4 Å². The highest BCUT2D eigenvalue weighted by atomic mass is 16.1. The average Bonchev–Trinajstić information content (AvgIpc) is 3.30. The van der Waals surface area contributed by atoms with E-state index in [0.717, 1.165) is 31.6 Å². The molecule has 1 aliphatic carbocycles. The fourth-order valence-corrected chi connectivity index (χ4v) is 3.39. The number of nitrogens with zero attached hydrogens (tertiary/aromatic N) is 1. The third-order valence-corrected chi connectivity index (χ3v) is 4.56. The first-order chi connectivity index (χ1) is 13.8. The number of likely N-dealkylation sites (tertiary alicyclic amines) is 1. The van der Waals surface area contributed by atoms with E-state index in [9.17, 15) is 9.59 Å². The highest BCUT2D eigenvalue weighted by Gasteiger charge is 2.35. The van der Waals surface area contributed by atoms with E-state index in [4.69, 9.17) is 0 Å². The summed E-state index contributed by atoms with van der Waals surface area (Å²) in [6, 6.07) is 16.6. The third-order valence-electron chi connectivity index (χ3n) is 4.56. The number of Topliss-reactive ketones (excluding diaryl/α,β-unsaturated/α-hetero) is 2. The third kappa shape index (κ3) is 4.33. The lowest BCUT2D eigenvalue weighted by atomic mass is 9.89. The number of hydrogen-bond acceptors (Lipinski definition) is 4. The van der Waals surface area contributed by atoms with Crippen molar-refractivity contribution in [2.75, 3.05) is 18.4 Å². The van der Waals surface area contributed by atoms with Crippen LogP contribution in [0.15, 0.2) is 66.0 Å². The van der Waals surface area contributed by atoms with Crippen molar-refractivity contribution in [2.45, 2.75) is 40.5 Å². The zero-order valence-corrected chi connectivity index (χ0v) is 17.3. The zero-order chi connectivity index (χ0) is 20.5. The SMILES string of the molecule is CC.CC.O=C1C(Nc2ccccc2)=C(N2CCCC2)C(=O)c2ccccc21. The molecule has 2 aliphatic rings. The van der Waals surface area contributed by atoms with E-state index < -0.39 is 0 Å². The van der Waals surface area contributed by atoms with Crippen molar-refractivity contribution >= 4 is 17.3 Å². The van der Waals surface area contributed by atoms with E-state index in [1.165, 1.54) is 0 Å². The summed E-state index contributed by atoms with van der Waals surface area (Å²) in [4.78, 5) is 28.1. The second-order valence-corrected chi connectivity index (χ2v) is 6.11. The lowest BCUT2D eigenvalue weighted by Crippen LogP contribution is -2.35. The van der Waals surface area contributed by atoms with Gasteiger partial charge in [0.25, 0.3) is 0 Å². The molecule has 0 atom stereocenters. The number of allylic oxidation sites excluding steroid dienone is 2. The molecule has 0 radical (unpaired) electrons. The first kappa shape index (κ1) is 21.4. The van der Waals surface area contributed by atoms with Gasteiger partial charge in [-0.15, -0.1) is 0 Å². The van der Waals surface area contributed by atoms with Gasteiger partial charge >= 0.3 is 0 Å². The quantitative estimate of drug-likeness (QED) is 0.762. The van der Waals surface area contributed by atoms with Crippen LogP contribution >= 0.6 is 0 Å². The summed E-state index contributed by atoms with van der Waals surface area (Å²) in [5, 5.41) is 3.20. The summed E-state index contributed by atoms with van der Waals surface area (Å²) in [5.74, 6) is -0.179. The van der Waals surface area contributed by atoms with Gasteiger partial charge in [-0.2, -0.15) is 0 Å². The van der Waals surface area contributed by atoms with Gasteiger partial charge in [-0.3, -0.25) is 9.59 Å². The first-order valence-electron chi connectivity index (χ1n) is 10.3. The van der Waals surface area contributed by atoms with Crippen molar-refractivity contribution < 1.29 is 9.59 Å². The van der Waals surface area contributed by atoms with Gasteiger partial charge in [0, 0.05) is 29.9 Å². The van der Waals surface area contributed by atoms with Crippen LogP contribution in [-0.4, -0.2) is 29.6 Å². The van der Waals surface area contributed by atoms with Crippen molar-refractivity contribution in [3.63, 3.8) is 0 Å². The van der Waals surface area contributed by atoms with Crippen LogP contribution in [0.3, 0.4) is 0 Å². The summed E-state index contributed by atoms with van der Waals surface area (Å²) < 4.78 is 0. The number of carbonyl (C=O) groups is 2. The minimum atomic E-state index is -0.115. The van der Waals surface area contributed by atoms with Gasteiger partial charge in [-0.05, 0) is 25.0 Å². The molecular weight excluding hydrogens is 348 g/mol. The standard InChI is InChI=1S/C20H18N2O2.2C2H6/c23-19-15-10-4-5-11-16(15)20(24)18(22-12-6-7-13-22)17(19)21-14-8-2-1-3-9-14;2*1-2/h1-5,8-11,21H,6-7,12-13H2;2*1-2H3. The molecule has 2 aromatic carbocycles. The van der Waals surface area contributed by atoms with Gasteiger partial charge in [0.2, 0.25) is 11.6 Å². The van der Waals surface area contributed by atoms with Crippen LogP contribution in [-0.2, 0) is 0 Å². The van der Waals surface area contributed by atoms with Crippen molar-refractivity contribution in [2.24, 2.45) is 0 Å². The number of anilines is 1. The maximum atomic E-state index is 13.1. The fourth-order valence-electron chi connectivity index (χ4n) is 3.39. The second kappa shape index (κ2) is 10.5. The number of rotatable bonds is 3. The van der Waals surface area contributed by atoms with E-state index in [2.05, 4.69) is 5.32 Å². The van der Waals surface area contributed by atoms with E-state index in [-0.39, 0.29) is 11.6 Å². The number of ketones is 2. The Morgan fingerprint density at radius 2 is 1.21 bits per heavy atom. The average molecular weight is 379 g/mol. The minimum absolute atomic E-state index is 0.0643. The van der Waals surface area contributed by atoms with Gasteiger partial charge in [-0.1, -0.05) is 70.2 Å². The van der Waals surface area contributed by atoms with E-state index in [1.54, 1.807) is 24.3 Å². The molecule has 0 bridgehead atoms. The Kier molecular flexibility index (Phi) is 8.00. The molecule has 148 valence electrons. The number of benzene rings is 2. The van der Waals surface area contributed by atoms with Crippen molar-refractivity contribution in [3.05, 3.63) is 77.1 Å².